The van der Waals surface area contributed by atoms with E-state index in [1.807, 2.05) is 127 Å². The predicted molar refractivity (Wildman–Crippen MR) is 315 cm³/mol. The van der Waals surface area contributed by atoms with Crippen molar-refractivity contribution in [1.29, 1.82) is 0 Å². The summed E-state index contributed by atoms with van der Waals surface area (Å²) in [6.45, 7) is -0.215. The normalized spacial score (nSPS) is 33.6. The number of aliphatic hydroxyl groups excluding tert-OH is 2. The molecule has 5 aromatic rings. The van der Waals surface area contributed by atoms with Gasteiger partial charge in [-0.1, -0.05) is 152 Å². The van der Waals surface area contributed by atoms with Crippen LogP contribution in [-0.4, -0.2) is 202 Å². The molecule has 21 atom stereocenters. The van der Waals surface area contributed by atoms with Crippen LogP contribution in [0.5, 0.6) is 0 Å². The topological polar surface area (TPSA) is 250 Å². The van der Waals surface area contributed by atoms with E-state index in [9.17, 15) is 19.8 Å². The van der Waals surface area contributed by atoms with Crippen molar-refractivity contribution in [1.82, 2.24) is 0 Å². The van der Waals surface area contributed by atoms with Crippen molar-refractivity contribution in [3.8, 4) is 0 Å². The van der Waals surface area contributed by atoms with Crippen LogP contribution in [0.3, 0.4) is 0 Å². The summed E-state index contributed by atoms with van der Waals surface area (Å²) in [7, 11) is 10.1. The second kappa shape index (κ2) is 34.4. The van der Waals surface area contributed by atoms with Crippen LogP contribution in [0.4, 0.5) is 0 Å². The number of carbonyl (C=O) groups excluding carboxylic acids is 2. The van der Waals surface area contributed by atoms with Crippen LogP contribution >= 0.6 is 0 Å². The fourth-order valence-corrected chi connectivity index (χ4v) is 12.3. The zero-order chi connectivity index (χ0) is 63.2. The van der Waals surface area contributed by atoms with Crippen molar-refractivity contribution in [2.24, 2.45) is 11.8 Å². The number of aliphatic hydroxyl groups is 2. The van der Waals surface area contributed by atoms with Crippen molar-refractivity contribution < 1.29 is 154 Å². The number of esters is 2. The van der Waals surface area contributed by atoms with E-state index in [1.165, 1.54) is 49.8 Å². The molecule has 5 fully saturated rings. The van der Waals surface area contributed by atoms with Gasteiger partial charge >= 0.3 is 11.9 Å². The molecule has 24 heteroatoms. The first-order valence-electron chi connectivity index (χ1n) is 30.0. The number of methoxy groups -OCH3 is 7. The van der Waals surface area contributed by atoms with Crippen LogP contribution in [0.15, 0.2) is 152 Å². The van der Waals surface area contributed by atoms with E-state index in [4.69, 9.17) is 90.0 Å². The van der Waals surface area contributed by atoms with Gasteiger partial charge in [0.2, 0.25) is 0 Å². The monoisotopic (exact) mass is 1480 g/mol. The number of ether oxygens (including phenoxy) is 19. The Bertz CT molecular complexity index is 2950. The van der Waals surface area contributed by atoms with Crippen LogP contribution in [-0.2, 0) is 133 Å². The van der Waals surface area contributed by atoms with Crippen LogP contribution in [0.25, 0.3) is 0 Å². The van der Waals surface area contributed by atoms with E-state index in [1.54, 1.807) is 24.3 Å². The third kappa shape index (κ3) is 16.9. The van der Waals surface area contributed by atoms with Crippen molar-refractivity contribution in [2.75, 3.05) is 63.0 Å². The van der Waals surface area contributed by atoms with Gasteiger partial charge in [-0.3, -0.25) is 0 Å². The molecule has 1 aliphatic carbocycles. The maximum absolute atomic E-state index is 14.9. The SMILES string of the molecule is COCC1O[C@H](OC)C(OCc2ccccc2)C(OCc2ccccc2)[C@@H]1O[C@@H]1OC(C(=O)OCc2ccccc2)[C@@H]2[C@@H](C1OC)C2(OC)O[C@@H]1OC(COC)[C@@H](O[C@@H]2OC(C(=O)OCc3ccccc3)[C@@H](O)C(OC)C2OC)[C@H](O)C1OCc1ccccc1.[Ac]. The van der Waals surface area contributed by atoms with Gasteiger partial charge < -0.3 is 100 Å². The largest absolute Gasteiger partial charge is 0.459 e. The van der Waals surface area contributed by atoms with Crippen LogP contribution in [0.2, 0.25) is 0 Å². The summed E-state index contributed by atoms with van der Waals surface area (Å²) in [5.41, 5.74) is 3.90. The molecule has 4 saturated heterocycles. The quantitative estimate of drug-likeness (QED) is 0.0442. The Morgan fingerprint density at radius 1 is 0.396 bits per heavy atom. The number of hydrogen-bond donors (Lipinski definition) is 2. The van der Waals surface area contributed by atoms with Crippen LogP contribution in [0.1, 0.15) is 27.8 Å². The van der Waals surface area contributed by atoms with E-state index in [0.29, 0.717) is 11.1 Å². The van der Waals surface area contributed by atoms with Gasteiger partial charge in [-0.05, 0) is 27.8 Å². The number of benzene rings is 5. The Morgan fingerprint density at radius 2 is 0.802 bits per heavy atom. The van der Waals surface area contributed by atoms with E-state index in [0.717, 1.165) is 16.7 Å². The first kappa shape index (κ1) is 71.0. The molecule has 0 spiro atoms. The average Bonchev–Trinajstić information content (AvgIpc) is 1.52. The van der Waals surface area contributed by atoms with Crippen molar-refractivity contribution in [3.05, 3.63) is 179 Å². The Labute approximate surface area is 565 Å². The van der Waals surface area contributed by atoms with Crippen molar-refractivity contribution in [2.45, 2.75) is 149 Å². The zero-order valence-electron chi connectivity index (χ0n) is 52.0. The standard InChI is InChI=1S/C67H82O23.Ac/c1-72-38-45-51(86-65-59(76-5)55(75-4)50(69)56(89-65)62(71)83-37-44-31-21-12-22-32-44)49(68)57(79-33-40-23-13-8-14-24-40)66(85-45)90-67(78-7)47-48(67)54(74-3)64(88-53(47)61(70)82-36-43-29-19-11-20-30-43)87-52-46(39-73-2)84-63(77-6)60(81-35-42-27-17-10-18-28-42)58(52)80-34-41-25-15-9-16-26-41;/h8-32,45-60,63-66,68-69H,33-39H2,1-7H3;/t45?,46?,47-,48-,49-,50-,51+,52+,53?,54?,55?,56?,57?,58?,59?,60?,63-,64+,65+,66-,67?;/m0./s1. The van der Waals surface area contributed by atoms with E-state index < -0.39 is 140 Å². The summed E-state index contributed by atoms with van der Waals surface area (Å²) in [5, 5.41) is 24.5. The van der Waals surface area contributed by atoms with Crippen LogP contribution in [0, 0.1) is 55.9 Å². The molecule has 1 radical (unpaired) electrons. The molecule has 23 nitrogen and oxygen atoms in total. The number of carbonyl (C=O) groups is 2. The van der Waals surface area contributed by atoms with Crippen molar-refractivity contribution in [3.63, 3.8) is 0 Å². The van der Waals surface area contributed by atoms with Gasteiger partial charge in [-0.25, -0.2) is 9.59 Å². The van der Waals surface area contributed by atoms with Crippen molar-refractivity contribution >= 4 is 11.9 Å². The summed E-state index contributed by atoms with van der Waals surface area (Å²) < 4.78 is 121. The Hall–Kier alpha value is -4.28. The molecular weight excluding hydrogens is 1400 g/mol. The molecule has 11 unspecified atom stereocenters. The smallest absolute Gasteiger partial charge is 0.338 e. The van der Waals surface area contributed by atoms with Gasteiger partial charge in [-0.15, -0.1) is 0 Å². The molecule has 91 heavy (non-hydrogen) atoms. The summed E-state index contributed by atoms with van der Waals surface area (Å²) in [5.74, 6) is -5.39. The summed E-state index contributed by atoms with van der Waals surface area (Å²) >= 11 is 0. The molecule has 491 valence electrons. The minimum atomic E-state index is -1.83. The Morgan fingerprint density at radius 3 is 1.26 bits per heavy atom. The molecule has 1 saturated carbocycles. The molecule has 10 rings (SSSR count). The first-order chi connectivity index (χ1) is 44.0. The second-order valence-corrected chi connectivity index (χ2v) is 22.4. The number of hydrogen-bond acceptors (Lipinski definition) is 23. The van der Waals surface area contributed by atoms with Gasteiger partial charge in [0, 0.05) is 93.8 Å². The molecular formula is C67H82AcO23. The van der Waals surface area contributed by atoms with E-state index in [-0.39, 0.29) is 90.3 Å². The molecule has 4 aliphatic heterocycles. The summed E-state index contributed by atoms with van der Waals surface area (Å²) in [4.78, 5) is 28.7. The van der Waals surface area contributed by atoms with E-state index >= 15 is 0 Å². The molecule has 0 aromatic heterocycles. The minimum absolute atomic E-state index is 0. The maximum Gasteiger partial charge on any atom is 0.338 e. The third-order valence-corrected chi connectivity index (χ3v) is 16.8. The summed E-state index contributed by atoms with van der Waals surface area (Å²) in [6, 6.07) is 46.6. The molecule has 4 heterocycles. The average molecular weight is 1480 g/mol. The molecule has 0 bridgehead atoms. The molecule has 5 aliphatic rings. The van der Waals surface area contributed by atoms with E-state index in [2.05, 4.69) is 0 Å². The van der Waals surface area contributed by atoms with Gasteiger partial charge in [0.05, 0.1) is 44.9 Å². The van der Waals surface area contributed by atoms with Gasteiger partial charge in [0.15, 0.2) is 43.2 Å². The Balaban J connectivity index is 0.00000980. The predicted octanol–water partition coefficient (Wildman–Crippen LogP) is 5.21. The number of rotatable bonds is 30. The fraction of sp³-hybridized carbons (Fsp3) is 0.522. The molecule has 0 amide bonds. The maximum atomic E-state index is 14.9. The minimum Gasteiger partial charge on any atom is -0.459 e. The fourth-order valence-electron chi connectivity index (χ4n) is 12.3. The zero-order valence-corrected chi connectivity index (χ0v) is 56.7. The van der Waals surface area contributed by atoms with Gasteiger partial charge in [-0.2, -0.15) is 0 Å². The first-order valence-corrected chi connectivity index (χ1v) is 30.0. The number of fused-ring (bicyclic) bond motifs is 1. The third-order valence-electron chi connectivity index (χ3n) is 16.8. The second-order valence-electron chi connectivity index (χ2n) is 22.4. The summed E-state index contributed by atoms with van der Waals surface area (Å²) in [6.07, 6.45) is -22.9. The van der Waals surface area contributed by atoms with Gasteiger partial charge in [0.1, 0.15) is 86.5 Å². The molecule has 5 aromatic carbocycles. The van der Waals surface area contributed by atoms with Crippen LogP contribution < -0.4 is 0 Å². The molecule has 2 N–H and O–H groups in total. The van der Waals surface area contributed by atoms with Gasteiger partial charge in [0.25, 0.3) is 0 Å². The Kier molecular flexibility index (Phi) is 26.9.